The lowest BCUT2D eigenvalue weighted by Crippen LogP contribution is -2.36. The van der Waals surface area contributed by atoms with E-state index in [4.69, 9.17) is 5.11 Å². The Morgan fingerprint density at radius 3 is 2.65 bits per heavy atom. The summed E-state index contributed by atoms with van der Waals surface area (Å²) in [6.07, 6.45) is 2.21. The molecule has 1 saturated carbocycles. The summed E-state index contributed by atoms with van der Waals surface area (Å²) >= 11 is 1.41. The summed E-state index contributed by atoms with van der Waals surface area (Å²) in [7, 11) is 0. The van der Waals surface area contributed by atoms with Gasteiger partial charge in [0.15, 0.2) is 0 Å². The van der Waals surface area contributed by atoms with E-state index in [0.29, 0.717) is 17.3 Å². The maximum Gasteiger partial charge on any atom is 0.323 e. The van der Waals surface area contributed by atoms with Crippen molar-refractivity contribution in [2.24, 2.45) is 5.92 Å². The van der Waals surface area contributed by atoms with Gasteiger partial charge in [0.05, 0.1) is 4.88 Å². The minimum absolute atomic E-state index is 0.155. The van der Waals surface area contributed by atoms with Crippen LogP contribution < -0.4 is 0 Å². The molecule has 1 aromatic rings. The first-order chi connectivity index (χ1) is 8.06. The highest BCUT2D eigenvalue weighted by Gasteiger charge is 2.28. The normalized spacial score (nSPS) is 14.6. The van der Waals surface area contributed by atoms with Gasteiger partial charge >= 0.3 is 5.97 Å². The number of thiophene rings is 1. The Kier molecular flexibility index (Phi) is 3.47. The first kappa shape index (κ1) is 12.1. The van der Waals surface area contributed by atoms with Gasteiger partial charge < -0.3 is 10.0 Å². The monoisotopic (exact) mass is 253 g/mol. The number of aliphatic carboxylic acids is 1. The predicted molar refractivity (Wildman–Crippen MR) is 65.3 cm³/mol. The molecular formula is C12H15NO3S. The number of aryl methyl sites for hydroxylation is 1. The summed E-state index contributed by atoms with van der Waals surface area (Å²) in [5.74, 6) is -0.607. The fraction of sp³-hybridized carbons (Fsp3) is 0.500. The van der Waals surface area contributed by atoms with Crippen LogP contribution in [-0.4, -0.2) is 35.0 Å². The van der Waals surface area contributed by atoms with Crippen LogP contribution in [0, 0.1) is 12.8 Å². The minimum Gasteiger partial charge on any atom is -0.480 e. The van der Waals surface area contributed by atoms with Gasteiger partial charge in [-0.25, -0.2) is 0 Å². The van der Waals surface area contributed by atoms with E-state index in [0.717, 1.165) is 17.7 Å². The van der Waals surface area contributed by atoms with Crippen molar-refractivity contribution in [1.82, 2.24) is 4.90 Å². The van der Waals surface area contributed by atoms with Crippen molar-refractivity contribution in [3.05, 3.63) is 21.9 Å². The molecule has 1 fully saturated rings. The predicted octanol–water partition coefficient (Wildman–Crippen LogP) is 1.99. The fourth-order valence-corrected chi connectivity index (χ4v) is 2.54. The van der Waals surface area contributed by atoms with Gasteiger partial charge in [-0.2, -0.15) is 0 Å². The lowest BCUT2D eigenvalue weighted by Gasteiger charge is -2.19. The molecule has 2 rings (SSSR count). The molecule has 4 nitrogen and oxygen atoms in total. The Bertz CT molecular complexity index is 437. The third kappa shape index (κ3) is 3.30. The molecule has 0 radical (unpaired) electrons. The van der Waals surface area contributed by atoms with Gasteiger partial charge in [0.1, 0.15) is 6.54 Å². The van der Waals surface area contributed by atoms with Crippen LogP contribution in [-0.2, 0) is 4.79 Å². The first-order valence-corrected chi connectivity index (χ1v) is 6.45. The van der Waals surface area contributed by atoms with Crippen LogP contribution in [0.2, 0.25) is 0 Å². The molecule has 0 saturated heterocycles. The second kappa shape index (κ2) is 4.87. The van der Waals surface area contributed by atoms with Crippen LogP contribution in [0.5, 0.6) is 0 Å². The highest BCUT2D eigenvalue weighted by Crippen LogP contribution is 2.30. The number of carbonyl (C=O) groups excluding carboxylic acids is 1. The molecule has 0 aromatic carbocycles. The van der Waals surface area contributed by atoms with E-state index in [9.17, 15) is 9.59 Å². The molecule has 1 aliphatic rings. The molecule has 1 aromatic heterocycles. The van der Waals surface area contributed by atoms with Crippen LogP contribution >= 0.6 is 11.3 Å². The van der Waals surface area contributed by atoms with Gasteiger partial charge in [-0.1, -0.05) is 0 Å². The second-order valence-electron chi connectivity index (χ2n) is 4.43. The van der Waals surface area contributed by atoms with Crippen molar-refractivity contribution in [3.63, 3.8) is 0 Å². The number of nitrogens with zero attached hydrogens (tertiary/aromatic N) is 1. The molecule has 1 aliphatic carbocycles. The summed E-state index contributed by atoms with van der Waals surface area (Å²) in [5, 5.41) is 8.83. The maximum absolute atomic E-state index is 12.1. The second-order valence-corrected chi connectivity index (χ2v) is 5.72. The van der Waals surface area contributed by atoms with Crippen molar-refractivity contribution in [2.45, 2.75) is 19.8 Å². The lowest BCUT2D eigenvalue weighted by atomic mass is 10.3. The van der Waals surface area contributed by atoms with E-state index in [2.05, 4.69) is 0 Å². The molecular weight excluding hydrogens is 238 g/mol. The smallest absolute Gasteiger partial charge is 0.323 e. The SMILES string of the molecule is Cc1ccc(C(=O)N(CC(=O)O)CC2CC2)s1. The largest absolute Gasteiger partial charge is 0.480 e. The van der Waals surface area contributed by atoms with E-state index in [1.54, 1.807) is 6.07 Å². The molecule has 1 heterocycles. The highest BCUT2D eigenvalue weighted by molar-refractivity contribution is 7.13. The first-order valence-electron chi connectivity index (χ1n) is 5.64. The summed E-state index contributed by atoms with van der Waals surface area (Å²) in [6.45, 7) is 2.30. The molecule has 0 spiro atoms. The number of rotatable bonds is 5. The Labute approximate surface area is 104 Å². The zero-order chi connectivity index (χ0) is 12.4. The fourth-order valence-electron chi connectivity index (χ4n) is 1.70. The van der Waals surface area contributed by atoms with Crippen LogP contribution in [0.15, 0.2) is 12.1 Å². The average Bonchev–Trinajstić information content (AvgIpc) is 2.96. The van der Waals surface area contributed by atoms with Crippen LogP contribution in [0.4, 0.5) is 0 Å². The number of amides is 1. The van der Waals surface area contributed by atoms with Gasteiger partial charge in [0.2, 0.25) is 0 Å². The third-order valence-corrected chi connectivity index (χ3v) is 3.73. The molecule has 1 N–H and O–H groups in total. The number of hydrogen-bond donors (Lipinski definition) is 1. The molecule has 0 unspecified atom stereocenters. The Morgan fingerprint density at radius 1 is 1.47 bits per heavy atom. The van der Waals surface area contributed by atoms with Crippen molar-refractivity contribution < 1.29 is 14.7 Å². The van der Waals surface area contributed by atoms with Crippen molar-refractivity contribution in [1.29, 1.82) is 0 Å². The minimum atomic E-state index is -0.952. The summed E-state index contributed by atoms with van der Waals surface area (Å²) < 4.78 is 0. The van der Waals surface area contributed by atoms with Gasteiger partial charge in [-0.3, -0.25) is 9.59 Å². The van der Waals surface area contributed by atoms with Gasteiger partial charge in [0.25, 0.3) is 5.91 Å². The van der Waals surface area contributed by atoms with E-state index in [1.165, 1.54) is 16.2 Å². The molecule has 0 bridgehead atoms. The van der Waals surface area contributed by atoms with Crippen LogP contribution in [0.1, 0.15) is 27.4 Å². The zero-order valence-corrected chi connectivity index (χ0v) is 10.5. The Balaban J connectivity index is 2.07. The number of carboxylic acids is 1. The van der Waals surface area contributed by atoms with E-state index in [-0.39, 0.29) is 12.5 Å². The maximum atomic E-state index is 12.1. The molecule has 1 amide bonds. The topological polar surface area (TPSA) is 57.6 Å². The quantitative estimate of drug-likeness (QED) is 0.873. The molecule has 0 atom stereocenters. The number of hydrogen-bond acceptors (Lipinski definition) is 3. The standard InChI is InChI=1S/C12H15NO3S/c1-8-2-5-10(17-8)12(16)13(7-11(14)15)6-9-3-4-9/h2,5,9H,3-4,6-7H2,1H3,(H,14,15). The molecule has 5 heteroatoms. The van der Waals surface area contributed by atoms with E-state index >= 15 is 0 Å². The van der Waals surface area contributed by atoms with Gasteiger partial charge in [-0.15, -0.1) is 11.3 Å². The van der Waals surface area contributed by atoms with E-state index in [1.807, 2.05) is 13.0 Å². The van der Waals surface area contributed by atoms with Crippen LogP contribution in [0.3, 0.4) is 0 Å². The molecule has 0 aliphatic heterocycles. The van der Waals surface area contributed by atoms with Gasteiger partial charge in [-0.05, 0) is 37.8 Å². The summed E-state index contributed by atoms with van der Waals surface area (Å²) in [4.78, 5) is 26.0. The Morgan fingerprint density at radius 2 is 2.18 bits per heavy atom. The zero-order valence-electron chi connectivity index (χ0n) is 9.68. The number of carbonyl (C=O) groups is 2. The van der Waals surface area contributed by atoms with E-state index < -0.39 is 5.97 Å². The number of carboxylic acid groups (broad SMARTS) is 1. The van der Waals surface area contributed by atoms with Gasteiger partial charge in [0, 0.05) is 11.4 Å². The van der Waals surface area contributed by atoms with Crippen molar-refractivity contribution in [3.8, 4) is 0 Å². The lowest BCUT2D eigenvalue weighted by molar-refractivity contribution is -0.137. The molecule has 92 valence electrons. The summed E-state index contributed by atoms with van der Waals surface area (Å²) in [5.41, 5.74) is 0. The molecule has 17 heavy (non-hydrogen) atoms. The summed E-state index contributed by atoms with van der Waals surface area (Å²) in [6, 6.07) is 3.65. The Hall–Kier alpha value is -1.36. The van der Waals surface area contributed by atoms with Crippen molar-refractivity contribution in [2.75, 3.05) is 13.1 Å². The third-order valence-electron chi connectivity index (χ3n) is 2.74. The van der Waals surface area contributed by atoms with Crippen molar-refractivity contribution >= 4 is 23.2 Å². The highest BCUT2D eigenvalue weighted by atomic mass is 32.1. The van der Waals surface area contributed by atoms with Crippen LogP contribution in [0.25, 0.3) is 0 Å². The average molecular weight is 253 g/mol.